The van der Waals surface area contributed by atoms with Gasteiger partial charge in [0.15, 0.2) is 5.96 Å². The minimum atomic E-state index is 0.717. The van der Waals surface area contributed by atoms with Crippen LogP contribution in [0, 0.1) is 6.92 Å². The van der Waals surface area contributed by atoms with Gasteiger partial charge in [-0.3, -0.25) is 4.99 Å². The number of hydrogen-bond acceptors (Lipinski definition) is 3. The Kier molecular flexibility index (Phi) is 8.65. The molecule has 2 N–H and O–H groups in total. The van der Waals surface area contributed by atoms with Crippen LogP contribution in [0.25, 0.3) is 0 Å². The summed E-state index contributed by atoms with van der Waals surface area (Å²) < 4.78 is 5.77. The predicted octanol–water partition coefficient (Wildman–Crippen LogP) is 3.19. The van der Waals surface area contributed by atoms with E-state index in [0.717, 1.165) is 37.8 Å². The zero-order chi connectivity index (χ0) is 19.5. The molecule has 2 aromatic rings. The van der Waals surface area contributed by atoms with Gasteiger partial charge in [-0.15, -0.1) is 0 Å². The average Bonchev–Trinajstić information content (AvgIpc) is 2.67. The minimum Gasteiger partial charge on any atom is -0.494 e. The van der Waals surface area contributed by atoms with E-state index in [1.807, 2.05) is 12.1 Å². The Morgan fingerprint density at radius 2 is 1.48 bits per heavy atom. The quantitative estimate of drug-likeness (QED) is 0.405. The van der Waals surface area contributed by atoms with Crippen LogP contribution in [0.1, 0.15) is 23.1 Å². The van der Waals surface area contributed by atoms with Gasteiger partial charge >= 0.3 is 0 Å². The molecule has 0 spiro atoms. The second-order valence-corrected chi connectivity index (χ2v) is 6.91. The topological polar surface area (TPSA) is 48.9 Å². The second kappa shape index (κ2) is 11.2. The standard InChI is InChI=1S/C22H32N4O/c1-18-6-8-19(9-7-18)16-24-22(23-2)25-17-20-10-12-21(13-11-20)27-15-5-14-26(3)4/h6-13H,5,14-17H2,1-4H3,(H2,23,24,25). The van der Waals surface area contributed by atoms with Gasteiger partial charge in [-0.25, -0.2) is 0 Å². The van der Waals surface area contributed by atoms with Gasteiger partial charge in [0.25, 0.3) is 0 Å². The van der Waals surface area contributed by atoms with E-state index >= 15 is 0 Å². The minimum absolute atomic E-state index is 0.717. The average molecular weight is 369 g/mol. The highest BCUT2D eigenvalue weighted by molar-refractivity contribution is 5.79. The molecule has 0 amide bonds. The van der Waals surface area contributed by atoms with Gasteiger partial charge in [0.2, 0.25) is 0 Å². The normalized spacial score (nSPS) is 11.5. The van der Waals surface area contributed by atoms with Crippen LogP contribution in [-0.2, 0) is 13.1 Å². The maximum Gasteiger partial charge on any atom is 0.191 e. The molecule has 0 unspecified atom stereocenters. The van der Waals surface area contributed by atoms with E-state index in [0.29, 0.717) is 6.54 Å². The van der Waals surface area contributed by atoms with E-state index in [2.05, 4.69) is 77.9 Å². The number of hydrogen-bond donors (Lipinski definition) is 2. The largest absolute Gasteiger partial charge is 0.494 e. The number of benzene rings is 2. The van der Waals surface area contributed by atoms with E-state index in [1.165, 1.54) is 16.7 Å². The lowest BCUT2D eigenvalue weighted by molar-refractivity contribution is 0.281. The van der Waals surface area contributed by atoms with Gasteiger partial charge < -0.3 is 20.3 Å². The van der Waals surface area contributed by atoms with Crippen LogP contribution < -0.4 is 15.4 Å². The molecular weight excluding hydrogens is 336 g/mol. The lowest BCUT2D eigenvalue weighted by atomic mass is 10.1. The molecule has 0 aliphatic rings. The van der Waals surface area contributed by atoms with Crippen LogP contribution in [0.15, 0.2) is 53.5 Å². The summed E-state index contributed by atoms with van der Waals surface area (Å²) >= 11 is 0. The summed E-state index contributed by atoms with van der Waals surface area (Å²) in [7, 11) is 5.94. The lowest BCUT2D eigenvalue weighted by Crippen LogP contribution is -2.36. The maximum atomic E-state index is 5.77. The zero-order valence-electron chi connectivity index (χ0n) is 17.0. The molecule has 5 heteroatoms. The summed E-state index contributed by atoms with van der Waals surface area (Å²) in [6, 6.07) is 16.7. The molecule has 0 bridgehead atoms. The molecule has 0 saturated heterocycles. The molecule has 2 aromatic carbocycles. The van der Waals surface area contributed by atoms with Crippen molar-refractivity contribution in [3.63, 3.8) is 0 Å². The van der Waals surface area contributed by atoms with Crippen LogP contribution >= 0.6 is 0 Å². The Bertz CT molecular complexity index is 693. The fraction of sp³-hybridized carbons (Fsp3) is 0.409. The van der Waals surface area contributed by atoms with Gasteiger partial charge in [0.05, 0.1) is 6.61 Å². The van der Waals surface area contributed by atoms with E-state index < -0.39 is 0 Å². The third-order valence-electron chi connectivity index (χ3n) is 4.21. The number of rotatable bonds is 9. The van der Waals surface area contributed by atoms with Crippen LogP contribution in [0.4, 0.5) is 0 Å². The van der Waals surface area contributed by atoms with Crippen LogP contribution in [0.3, 0.4) is 0 Å². The van der Waals surface area contributed by atoms with Crippen molar-refractivity contribution < 1.29 is 4.74 Å². The molecule has 0 aliphatic heterocycles. The first-order valence-electron chi connectivity index (χ1n) is 9.43. The molecule has 27 heavy (non-hydrogen) atoms. The van der Waals surface area contributed by atoms with Crippen molar-refractivity contribution in [2.75, 3.05) is 34.3 Å². The molecule has 0 saturated carbocycles. The molecular formula is C22H32N4O. The summed E-state index contributed by atoms with van der Waals surface area (Å²) in [5.41, 5.74) is 3.69. The van der Waals surface area contributed by atoms with Gasteiger partial charge in [0.1, 0.15) is 5.75 Å². The fourth-order valence-electron chi connectivity index (χ4n) is 2.57. The summed E-state index contributed by atoms with van der Waals surface area (Å²) in [5, 5.41) is 6.68. The van der Waals surface area contributed by atoms with E-state index in [-0.39, 0.29) is 0 Å². The summed E-state index contributed by atoms with van der Waals surface area (Å²) in [6.07, 6.45) is 1.03. The lowest BCUT2D eigenvalue weighted by Gasteiger charge is -2.13. The smallest absolute Gasteiger partial charge is 0.191 e. The number of nitrogens with zero attached hydrogens (tertiary/aromatic N) is 2. The SMILES string of the molecule is CN=C(NCc1ccc(C)cc1)NCc1ccc(OCCCN(C)C)cc1. The highest BCUT2D eigenvalue weighted by Crippen LogP contribution is 2.12. The highest BCUT2D eigenvalue weighted by atomic mass is 16.5. The highest BCUT2D eigenvalue weighted by Gasteiger charge is 2.01. The van der Waals surface area contributed by atoms with Crippen molar-refractivity contribution >= 4 is 5.96 Å². The molecule has 0 atom stereocenters. The Labute approximate surface area is 163 Å². The maximum absolute atomic E-state index is 5.77. The Balaban J connectivity index is 1.73. The van der Waals surface area contributed by atoms with Gasteiger partial charge in [-0.05, 0) is 50.7 Å². The predicted molar refractivity (Wildman–Crippen MR) is 113 cm³/mol. The van der Waals surface area contributed by atoms with Gasteiger partial charge in [-0.1, -0.05) is 42.0 Å². The fourth-order valence-corrected chi connectivity index (χ4v) is 2.57. The van der Waals surface area contributed by atoms with E-state index in [4.69, 9.17) is 4.74 Å². The number of aliphatic imine (C=N–C) groups is 1. The number of guanidine groups is 1. The molecule has 0 fully saturated rings. The molecule has 2 rings (SSSR count). The first kappa shape index (κ1) is 20.8. The molecule has 0 heterocycles. The summed E-state index contributed by atoms with van der Waals surface area (Å²) in [4.78, 5) is 6.45. The zero-order valence-corrected chi connectivity index (χ0v) is 17.0. The second-order valence-electron chi connectivity index (χ2n) is 6.91. The van der Waals surface area contributed by atoms with Crippen LogP contribution in [0.5, 0.6) is 5.75 Å². The van der Waals surface area contributed by atoms with Gasteiger partial charge in [-0.2, -0.15) is 0 Å². The number of aryl methyl sites for hydroxylation is 1. The van der Waals surface area contributed by atoms with Gasteiger partial charge in [0, 0.05) is 26.7 Å². The van der Waals surface area contributed by atoms with Crippen molar-refractivity contribution in [3.8, 4) is 5.75 Å². The molecule has 0 radical (unpaired) electrons. The van der Waals surface area contributed by atoms with E-state index in [9.17, 15) is 0 Å². The first-order valence-corrected chi connectivity index (χ1v) is 9.43. The molecule has 146 valence electrons. The van der Waals surface area contributed by atoms with Crippen molar-refractivity contribution in [1.82, 2.24) is 15.5 Å². The molecule has 0 aliphatic carbocycles. The Morgan fingerprint density at radius 1 is 0.926 bits per heavy atom. The Hall–Kier alpha value is -2.53. The molecule has 0 aromatic heterocycles. The van der Waals surface area contributed by atoms with Crippen LogP contribution in [-0.4, -0.2) is 45.2 Å². The third kappa shape index (κ3) is 8.13. The summed E-state index contributed by atoms with van der Waals surface area (Å²) in [5.74, 6) is 1.71. The van der Waals surface area contributed by atoms with Crippen molar-refractivity contribution in [1.29, 1.82) is 0 Å². The van der Waals surface area contributed by atoms with Crippen molar-refractivity contribution in [2.24, 2.45) is 4.99 Å². The van der Waals surface area contributed by atoms with Crippen molar-refractivity contribution in [2.45, 2.75) is 26.4 Å². The third-order valence-corrected chi connectivity index (χ3v) is 4.21. The monoisotopic (exact) mass is 368 g/mol. The molecule has 5 nitrogen and oxygen atoms in total. The number of ether oxygens (including phenoxy) is 1. The van der Waals surface area contributed by atoms with Crippen molar-refractivity contribution in [3.05, 3.63) is 65.2 Å². The number of nitrogens with one attached hydrogen (secondary N) is 2. The summed E-state index contributed by atoms with van der Waals surface area (Å²) in [6.45, 7) is 5.34. The van der Waals surface area contributed by atoms with Crippen LogP contribution in [0.2, 0.25) is 0 Å². The van der Waals surface area contributed by atoms with E-state index in [1.54, 1.807) is 7.05 Å². The Morgan fingerprint density at radius 3 is 2.00 bits per heavy atom. The first-order chi connectivity index (χ1) is 13.1.